The summed E-state index contributed by atoms with van der Waals surface area (Å²) in [6.07, 6.45) is -1.22. The Morgan fingerprint density at radius 3 is 2.11 bits per heavy atom. The number of carboxylic acid groups (broad SMARTS) is 1. The minimum atomic E-state index is -1.19. The van der Waals surface area contributed by atoms with Gasteiger partial charge >= 0.3 is 5.97 Å². The number of aliphatic carboxylic acids is 1. The fraction of sp³-hybridized carbons (Fsp3) is 0.286. The lowest BCUT2D eigenvalue weighted by Gasteiger charge is -2.18. The molecule has 0 bridgehead atoms. The van der Waals surface area contributed by atoms with Gasteiger partial charge in [-0.1, -0.05) is 60.7 Å². The molecular weight excluding hydrogens is 360 g/mol. The number of carbonyl (C=O) groups is 3. The highest BCUT2D eigenvalue weighted by Gasteiger charge is 2.51. The first-order valence-corrected chi connectivity index (χ1v) is 9.09. The number of hydrogen-bond donors (Lipinski definition) is 3. The fourth-order valence-electron chi connectivity index (χ4n) is 2.91. The van der Waals surface area contributed by atoms with Gasteiger partial charge in [-0.2, -0.15) is 0 Å². The first-order chi connectivity index (χ1) is 13.5. The Bertz CT molecular complexity index is 825. The Morgan fingerprint density at radius 1 is 0.929 bits per heavy atom. The van der Waals surface area contributed by atoms with Gasteiger partial charge in [-0.25, -0.2) is 4.79 Å². The maximum absolute atomic E-state index is 12.6. The van der Waals surface area contributed by atoms with Crippen molar-refractivity contribution >= 4 is 17.8 Å². The highest BCUT2D eigenvalue weighted by atomic mass is 16.6. The van der Waals surface area contributed by atoms with E-state index in [4.69, 9.17) is 9.84 Å². The molecule has 7 nitrogen and oxygen atoms in total. The second kappa shape index (κ2) is 9.14. The van der Waals surface area contributed by atoms with E-state index in [1.54, 1.807) is 0 Å². The molecule has 0 aromatic heterocycles. The number of ether oxygens (including phenoxy) is 1. The lowest BCUT2D eigenvalue weighted by Crippen LogP contribution is -2.50. The van der Waals surface area contributed by atoms with Crippen LogP contribution in [0.2, 0.25) is 0 Å². The van der Waals surface area contributed by atoms with E-state index in [1.165, 1.54) is 0 Å². The molecule has 7 heteroatoms. The van der Waals surface area contributed by atoms with Crippen LogP contribution in [0.5, 0.6) is 0 Å². The smallest absolute Gasteiger partial charge is 0.336 e. The van der Waals surface area contributed by atoms with Gasteiger partial charge < -0.3 is 20.5 Å². The van der Waals surface area contributed by atoms with Gasteiger partial charge in [0, 0.05) is 13.0 Å². The Balaban J connectivity index is 1.59. The van der Waals surface area contributed by atoms with E-state index >= 15 is 0 Å². The number of benzene rings is 2. The summed E-state index contributed by atoms with van der Waals surface area (Å²) in [5.41, 5.74) is 1.99. The summed E-state index contributed by atoms with van der Waals surface area (Å²) >= 11 is 0. The minimum Gasteiger partial charge on any atom is -0.479 e. The third-order valence-electron chi connectivity index (χ3n) is 4.46. The molecule has 2 amide bonds. The highest BCUT2D eigenvalue weighted by Crippen LogP contribution is 2.22. The molecule has 1 aliphatic heterocycles. The lowest BCUT2D eigenvalue weighted by atomic mass is 10.0. The molecule has 146 valence electrons. The van der Waals surface area contributed by atoms with E-state index in [-0.39, 0.29) is 5.91 Å². The van der Waals surface area contributed by atoms with E-state index in [2.05, 4.69) is 10.6 Å². The van der Waals surface area contributed by atoms with Crippen LogP contribution < -0.4 is 10.6 Å². The van der Waals surface area contributed by atoms with Gasteiger partial charge in [0.05, 0.1) is 0 Å². The van der Waals surface area contributed by atoms with E-state index in [0.717, 1.165) is 11.1 Å². The molecule has 0 saturated carbocycles. The molecule has 1 heterocycles. The average Bonchev–Trinajstić information content (AvgIpc) is 3.50. The van der Waals surface area contributed by atoms with Crippen molar-refractivity contribution < 1.29 is 24.2 Å². The quantitative estimate of drug-likeness (QED) is 0.559. The first-order valence-electron chi connectivity index (χ1n) is 9.09. The fourth-order valence-corrected chi connectivity index (χ4v) is 2.91. The van der Waals surface area contributed by atoms with E-state index in [1.807, 2.05) is 60.7 Å². The van der Waals surface area contributed by atoms with Crippen molar-refractivity contribution in [3.63, 3.8) is 0 Å². The largest absolute Gasteiger partial charge is 0.479 e. The third-order valence-corrected chi connectivity index (χ3v) is 4.46. The van der Waals surface area contributed by atoms with Crippen molar-refractivity contribution in [2.45, 2.75) is 31.1 Å². The van der Waals surface area contributed by atoms with E-state index < -0.39 is 30.1 Å². The molecule has 1 aliphatic rings. The topological polar surface area (TPSA) is 108 Å². The van der Waals surface area contributed by atoms with Crippen LogP contribution in [-0.2, 0) is 32.0 Å². The molecule has 2 aromatic carbocycles. The zero-order valence-corrected chi connectivity index (χ0v) is 15.2. The SMILES string of the molecule is O=C(O)C1OC1C(=O)N[C@@H](Cc1ccccc1)C(=O)NCCc1ccccc1. The van der Waals surface area contributed by atoms with Crippen LogP contribution in [0.3, 0.4) is 0 Å². The molecule has 2 aromatic rings. The maximum Gasteiger partial charge on any atom is 0.336 e. The molecule has 3 atom stereocenters. The molecule has 28 heavy (non-hydrogen) atoms. The molecule has 2 unspecified atom stereocenters. The van der Waals surface area contributed by atoms with Gasteiger partial charge in [0.2, 0.25) is 5.91 Å². The highest BCUT2D eigenvalue weighted by molar-refractivity contribution is 5.95. The molecular formula is C21H22N2O5. The Hall–Kier alpha value is -3.19. The minimum absolute atomic E-state index is 0.300. The standard InChI is InChI=1S/C21H22N2O5/c24-19(22-12-11-14-7-3-1-4-8-14)16(13-15-9-5-2-6-10-15)23-20(25)17-18(28-17)21(26)27/h1-10,16-18H,11-13H2,(H,22,24)(H,23,25)(H,26,27)/t16-,17?,18?/m0/s1. The van der Waals surface area contributed by atoms with Crippen LogP contribution in [0.25, 0.3) is 0 Å². The Morgan fingerprint density at radius 2 is 1.54 bits per heavy atom. The Labute approximate surface area is 162 Å². The summed E-state index contributed by atoms with van der Waals surface area (Å²) in [7, 11) is 0. The number of hydrogen-bond acceptors (Lipinski definition) is 4. The molecule has 3 rings (SSSR count). The third kappa shape index (κ3) is 5.40. The van der Waals surface area contributed by atoms with Gasteiger partial charge in [-0.05, 0) is 17.5 Å². The molecule has 1 fully saturated rings. The van der Waals surface area contributed by atoms with Crippen molar-refractivity contribution in [1.29, 1.82) is 0 Å². The number of rotatable bonds is 9. The normalized spacial score (nSPS) is 18.7. The van der Waals surface area contributed by atoms with E-state index in [0.29, 0.717) is 19.4 Å². The number of amides is 2. The zero-order valence-electron chi connectivity index (χ0n) is 15.2. The average molecular weight is 382 g/mol. The molecule has 0 radical (unpaired) electrons. The molecule has 0 aliphatic carbocycles. The molecule has 0 spiro atoms. The summed E-state index contributed by atoms with van der Waals surface area (Å²) in [6, 6.07) is 18.2. The Kier molecular flexibility index (Phi) is 6.39. The summed E-state index contributed by atoms with van der Waals surface area (Å²) in [5, 5.41) is 14.4. The van der Waals surface area contributed by atoms with Crippen molar-refractivity contribution in [2.75, 3.05) is 6.54 Å². The number of carboxylic acids is 1. The summed E-state index contributed by atoms with van der Waals surface area (Å²) < 4.78 is 4.87. The van der Waals surface area contributed by atoms with Crippen LogP contribution in [0.1, 0.15) is 11.1 Å². The van der Waals surface area contributed by atoms with Gasteiger partial charge in [-0.3, -0.25) is 9.59 Å². The van der Waals surface area contributed by atoms with Gasteiger partial charge in [0.15, 0.2) is 12.2 Å². The maximum atomic E-state index is 12.6. The lowest BCUT2D eigenvalue weighted by molar-refractivity contribution is -0.138. The monoisotopic (exact) mass is 382 g/mol. The van der Waals surface area contributed by atoms with Crippen LogP contribution in [0, 0.1) is 0 Å². The van der Waals surface area contributed by atoms with Crippen LogP contribution in [0.4, 0.5) is 0 Å². The zero-order chi connectivity index (χ0) is 19.9. The summed E-state index contributed by atoms with van der Waals surface area (Å²) in [6.45, 7) is 0.432. The van der Waals surface area contributed by atoms with E-state index in [9.17, 15) is 14.4 Å². The predicted molar refractivity (Wildman–Crippen MR) is 102 cm³/mol. The van der Waals surface area contributed by atoms with Crippen LogP contribution in [0.15, 0.2) is 60.7 Å². The van der Waals surface area contributed by atoms with Crippen LogP contribution in [-0.4, -0.2) is 47.7 Å². The first kappa shape index (κ1) is 19.6. The molecule has 1 saturated heterocycles. The van der Waals surface area contributed by atoms with Crippen molar-refractivity contribution in [3.8, 4) is 0 Å². The second-order valence-electron chi connectivity index (χ2n) is 6.59. The number of nitrogens with one attached hydrogen (secondary N) is 2. The van der Waals surface area contributed by atoms with Gasteiger partial charge in [-0.15, -0.1) is 0 Å². The van der Waals surface area contributed by atoms with Crippen LogP contribution >= 0.6 is 0 Å². The van der Waals surface area contributed by atoms with Gasteiger partial charge in [0.25, 0.3) is 5.91 Å². The van der Waals surface area contributed by atoms with Crippen molar-refractivity contribution in [1.82, 2.24) is 10.6 Å². The van der Waals surface area contributed by atoms with Crippen molar-refractivity contribution in [2.24, 2.45) is 0 Å². The second-order valence-corrected chi connectivity index (χ2v) is 6.59. The number of carbonyl (C=O) groups excluding carboxylic acids is 2. The molecule has 3 N–H and O–H groups in total. The van der Waals surface area contributed by atoms with Crippen molar-refractivity contribution in [3.05, 3.63) is 71.8 Å². The predicted octanol–water partition coefficient (Wildman–Crippen LogP) is 0.925. The number of epoxide rings is 1. The van der Waals surface area contributed by atoms with Gasteiger partial charge in [0.1, 0.15) is 6.04 Å². The summed E-state index contributed by atoms with van der Waals surface area (Å²) in [5.74, 6) is -2.10. The summed E-state index contributed by atoms with van der Waals surface area (Å²) in [4.78, 5) is 35.8.